The quantitative estimate of drug-likeness (QED) is 0.666. The zero-order chi connectivity index (χ0) is 13.1. The summed E-state index contributed by atoms with van der Waals surface area (Å²) in [4.78, 5) is 22.9. The first-order valence-electron chi connectivity index (χ1n) is 5.69. The summed E-state index contributed by atoms with van der Waals surface area (Å²) in [5.74, 6) is -0.954. The van der Waals surface area contributed by atoms with E-state index < -0.39 is 11.7 Å². The first-order chi connectivity index (χ1) is 8.56. The third-order valence-corrected chi connectivity index (χ3v) is 2.86. The average Bonchev–Trinajstić information content (AvgIpc) is 2.35. The van der Waals surface area contributed by atoms with Crippen LogP contribution in [0.3, 0.4) is 0 Å². The molecular formula is C12H14FN3O2. The van der Waals surface area contributed by atoms with Crippen LogP contribution in [0.1, 0.15) is 23.2 Å². The fraction of sp³-hybridized carbons (Fsp3) is 0.333. The van der Waals surface area contributed by atoms with Gasteiger partial charge in [-0.1, -0.05) is 0 Å². The number of hydrogen-bond donors (Lipinski definition) is 3. The molecule has 1 aromatic carbocycles. The van der Waals surface area contributed by atoms with E-state index >= 15 is 0 Å². The molecule has 0 saturated carbocycles. The molecule has 0 spiro atoms. The zero-order valence-corrected chi connectivity index (χ0v) is 9.70. The van der Waals surface area contributed by atoms with Crippen LogP contribution in [0.15, 0.2) is 18.2 Å². The molecule has 2 amide bonds. The number of hydrogen-bond acceptors (Lipinski definition) is 3. The second-order valence-corrected chi connectivity index (χ2v) is 4.24. The van der Waals surface area contributed by atoms with Gasteiger partial charge in [-0.2, -0.15) is 0 Å². The van der Waals surface area contributed by atoms with Gasteiger partial charge < -0.3 is 16.4 Å². The second-order valence-electron chi connectivity index (χ2n) is 4.24. The molecule has 0 radical (unpaired) electrons. The summed E-state index contributed by atoms with van der Waals surface area (Å²) in [6.45, 7) is 0.389. The molecule has 0 bridgehead atoms. The number of nitrogens with two attached hydrogens (primary N) is 1. The minimum Gasteiger partial charge on any atom is -0.398 e. The van der Waals surface area contributed by atoms with Crippen molar-refractivity contribution in [3.05, 3.63) is 29.6 Å². The van der Waals surface area contributed by atoms with Gasteiger partial charge in [0.1, 0.15) is 5.82 Å². The van der Waals surface area contributed by atoms with Gasteiger partial charge in [-0.15, -0.1) is 0 Å². The van der Waals surface area contributed by atoms with Gasteiger partial charge in [0.2, 0.25) is 5.91 Å². The topological polar surface area (TPSA) is 84.2 Å². The molecule has 96 valence electrons. The SMILES string of the molecule is Nc1ccc(F)cc1C(=O)NC1CCC(=O)NC1. The molecule has 1 unspecified atom stereocenters. The van der Waals surface area contributed by atoms with Crippen molar-refractivity contribution in [3.63, 3.8) is 0 Å². The molecule has 1 saturated heterocycles. The molecule has 6 heteroatoms. The molecule has 1 aliphatic rings. The summed E-state index contributed by atoms with van der Waals surface area (Å²) in [6.07, 6.45) is 0.955. The predicted octanol–water partition coefficient (Wildman–Crippen LogP) is 0.416. The lowest BCUT2D eigenvalue weighted by molar-refractivity contribution is -0.122. The number of anilines is 1. The van der Waals surface area contributed by atoms with Crippen molar-refractivity contribution < 1.29 is 14.0 Å². The van der Waals surface area contributed by atoms with Gasteiger partial charge in [0.15, 0.2) is 0 Å². The molecule has 4 N–H and O–H groups in total. The second kappa shape index (κ2) is 5.03. The molecule has 1 heterocycles. The number of amides is 2. The Bertz CT molecular complexity index is 480. The monoisotopic (exact) mass is 251 g/mol. The molecule has 1 aliphatic heterocycles. The molecular weight excluding hydrogens is 237 g/mol. The van der Waals surface area contributed by atoms with Gasteiger partial charge in [0, 0.05) is 24.7 Å². The van der Waals surface area contributed by atoms with Crippen LogP contribution >= 0.6 is 0 Å². The number of benzene rings is 1. The van der Waals surface area contributed by atoms with Crippen molar-refractivity contribution in [2.75, 3.05) is 12.3 Å². The number of rotatable bonds is 2. The number of halogens is 1. The van der Waals surface area contributed by atoms with Crippen molar-refractivity contribution >= 4 is 17.5 Å². The number of nitrogens with one attached hydrogen (secondary N) is 2. The Morgan fingerprint density at radius 3 is 2.94 bits per heavy atom. The van der Waals surface area contributed by atoms with Crippen LogP contribution in [0.2, 0.25) is 0 Å². The van der Waals surface area contributed by atoms with E-state index in [0.717, 1.165) is 6.07 Å². The van der Waals surface area contributed by atoms with E-state index in [-0.39, 0.29) is 23.2 Å². The third-order valence-electron chi connectivity index (χ3n) is 2.86. The molecule has 1 atom stereocenters. The van der Waals surface area contributed by atoms with Crippen molar-refractivity contribution in [1.29, 1.82) is 0 Å². The van der Waals surface area contributed by atoms with E-state index in [4.69, 9.17) is 5.73 Å². The van der Waals surface area contributed by atoms with Gasteiger partial charge >= 0.3 is 0 Å². The van der Waals surface area contributed by atoms with Crippen molar-refractivity contribution in [2.45, 2.75) is 18.9 Å². The average molecular weight is 251 g/mol. The highest BCUT2D eigenvalue weighted by Crippen LogP contribution is 2.14. The summed E-state index contributed by atoms with van der Waals surface area (Å²) < 4.78 is 13.0. The Hall–Kier alpha value is -2.11. The molecule has 1 fully saturated rings. The summed E-state index contributed by atoms with van der Waals surface area (Å²) in [7, 11) is 0. The minimum atomic E-state index is -0.508. The molecule has 18 heavy (non-hydrogen) atoms. The van der Waals surface area contributed by atoms with Crippen LogP contribution in [0.5, 0.6) is 0 Å². The van der Waals surface area contributed by atoms with Crippen LogP contribution in [0, 0.1) is 5.82 Å². The lowest BCUT2D eigenvalue weighted by Gasteiger charge is -2.23. The Morgan fingerprint density at radius 2 is 2.28 bits per heavy atom. The van der Waals surface area contributed by atoms with Crippen molar-refractivity contribution in [3.8, 4) is 0 Å². The van der Waals surface area contributed by atoms with E-state index in [2.05, 4.69) is 10.6 Å². The normalized spacial score (nSPS) is 19.2. The Morgan fingerprint density at radius 1 is 1.50 bits per heavy atom. The van der Waals surface area contributed by atoms with Crippen LogP contribution in [-0.2, 0) is 4.79 Å². The number of carbonyl (C=O) groups excluding carboxylic acids is 2. The highest BCUT2D eigenvalue weighted by atomic mass is 19.1. The Balaban J connectivity index is 2.03. The van der Waals surface area contributed by atoms with E-state index in [9.17, 15) is 14.0 Å². The number of piperidine rings is 1. The summed E-state index contributed by atoms with van der Waals surface area (Å²) in [5, 5.41) is 5.38. The van der Waals surface area contributed by atoms with E-state index in [1.54, 1.807) is 0 Å². The van der Waals surface area contributed by atoms with Gasteiger partial charge in [0.05, 0.1) is 5.56 Å². The smallest absolute Gasteiger partial charge is 0.253 e. The largest absolute Gasteiger partial charge is 0.398 e. The fourth-order valence-electron chi connectivity index (χ4n) is 1.84. The van der Waals surface area contributed by atoms with Crippen molar-refractivity contribution in [2.24, 2.45) is 0 Å². The summed E-state index contributed by atoms with van der Waals surface area (Å²) in [6, 6.07) is 3.52. The maximum absolute atomic E-state index is 13.0. The molecule has 5 nitrogen and oxygen atoms in total. The number of carbonyl (C=O) groups is 2. The lowest BCUT2D eigenvalue weighted by Crippen LogP contribution is -2.47. The lowest BCUT2D eigenvalue weighted by atomic mass is 10.1. The van der Waals surface area contributed by atoms with Crippen molar-refractivity contribution in [1.82, 2.24) is 10.6 Å². The van der Waals surface area contributed by atoms with Gasteiger partial charge in [-0.3, -0.25) is 9.59 Å². The predicted molar refractivity (Wildman–Crippen MR) is 64.3 cm³/mol. The minimum absolute atomic E-state index is 0.0224. The number of nitrogen functional groups attached to an aromatic ring is 1. The molecule has 0 aliphatic carbocycles. The summed E-state index contributed by atoms with van der Waals surface area (Å²) >= 11 is 0. The van der Waals surface area contributed by atoms with Gasteiger partial charge in [0.25, 0.3) is 5.91 Å². The van der Waals surface area contributed by atoms with E-state index in [0.29, 0.717) is 19.4 Å². The third kappa shape index (κ3) is 2.77. The van der Waals surface area contributed by atoms with Gasteiger partial charge in [-0.25, -0.2) is 4.39 Å². The van der Waals surface area contributed by atoms with Crippen LogP contribution in [0.25, 0.3) is 0 Å². The highest BCUT2D eigenvalue weighted by Gasteiger charge is 2.21. The Labute approximate surface area is 104 Å². The first kappa shape index (κ1) is 12.3. The van der Waals surface area contributed by atoms with Crippen LogP contribution < -0.4 is 16.4 Å². The van der Waals surface area contributed by atoms with E-state index in [1.165, 1.54) is 12.1 Å². The maximum atomic E-state index is 13.0. The Kier molecular flexibility index (Phi) is 3.45. The first-order valence-corrected chi connectivity index (χ1v) is 5.69. The van der Waals surface area contributed by atoms with Gasteiger partial charge in [-0.05, 0) is 24.6 Å². The fourth-order valence-corrected chi connectivity index (χ4v) is 1.84. The highest BCUT2D eigenvalue weighted by molar-refractivity contribution is 5.99. The standard InChI is InChI=1S/C12H14FN3O2/c13-7-1-3-10(14)9(5-7)12(18)16-8-2-4-11(17)15-6-8/h1,3,5,8H,2,4,6,14H2,(H,15,17)(H,16,18). The van der Waals surface area contributed by atoms with E-state index in [1.807, 2.05) is 0 Å². The molecule has 0 aromatic heterocycles. The summed E-state index contributed by atoms with van der Waals surface area (Å²) in [5.41, 5.74) is 5.97. The molecule has 1 aromatic rings. The zero-order valence-electron chi connectivity index (χ0n) is 9.70. The van der Waals surface area contributed by atoms with Crippen LogP contribution in [-0.4, -0.2) is 24.4 Å². The van der Waals surface area contributed by atoms with Crippen LogP contribution in [0.4, 0.5) is 10.1 Å². The maximum Gasteiger partial charge on any atom is 0.253 e. The molecule has 2 rings (SSSR count).